The van der Waals surface area contributed by atoms with Gasteiger partial charge in [-0.2, -0.15) is 0 Å². The molecule has 0 heterocycles. The molecule has 2 atom stereocenters. The number of carbonyl (C=O) groups is 1. The van der Waals surface area contributed by atoms with Crippen LogP contribution in [-0.2, 0) is 14.8 Å². The summed E-state index contributed by atoms with van der Waals surface area (Å²) in [6.45, 7) is 2.12. The molecule has 0 aliphatic heterocycles. The number of hydrogen-bond acceptors (Lipinski definition) is 3. The molecule has 2 N–H and O–H groups in total. The van der Waals surface area contributed by atoms with E-state index >= 15 is 0 Å². The van der Waals surface area contributed by atoms with Gasteiger partial charge in [0.25, 0.3) is 0 Å². The topological polar surface area (TPSA) is 83.5 Å². The molecule has 0 saturated heterocycles. The van der Waals surface area contributed by atoms with E-state index in [2.05, 4.69) is 23.8 Å². The van der Waals surface area contributed by atoms with Crippen LogP contribution < -0.4 is 4.72 Å². The summed E-state index contributed by atoms with van der Waals surface area (Å²) in [5, 5.41) is 9.53. The van der Waals surface area contributed by atoms with Gasteiger partial charge >= 0.3 is 5.97 Å². The number of carboxylic acids is 1. The van der Waals surface area contributed by atoms with E-state index < -0.39 is 16.0 Å². The first kappa shape index (κ1) is 20.1. The molecule has 27 heavy (non-hydrogen) atoms. The maximum absolute atomic E-state index is 12.6. The summed E-state index contributed by atoms with van der Waals surface area (Å²) in [4.78, 5) is 11.2. The highest BCUT2D eigenvalue weighted by Crippen LogP contribution is 2.46. The fourth-order valence-electron chi connectivity index (χ4n) is 4.05. The number of nitrogens with one attached hydrogen (secondary N) is 1. The van der Waals surface area contributed by atoms with Crippen LogP contribution in [0.25, 0.3) is 0 Å². The largest absolute Gasteiger partial charge is 0.481 e. The van der Waals surface area contributed by atoms with Gasteiger partial charge in [-0.15, -0.1) is 0 Å². The molecule has 0 fully saturated rings. The SMILES string of the molecule is CC1(CCC(=O)O)CC=CC2=C1CCC(NS(=O)(=O)c1ccc(Cl)cc1)C2. The molecule has 1 aromatic carbocycles. The van der Waals surface area contributed by atoms with Crippen molar-refractivity contribution in [3.63, 3.8) is 0 Å². The Morgan fingerprint density at radius 1 is 1.33 bits per heavy atom. The quantitative estimate of drug-likeness (QED) is 0.733. The van der Waals surface area contributed by atoms with Crippen molar-refractivity contribution in [2.45, 2.75) is 56.4 Å². The van der Waals surface area contributed by atoms with Crippen molar-refractivity contribution in [2.75, 3.05) is 0 Å². The van der Waals surface area contributed by atoms with E-state index in [4.69, 9.17) is 16.7 Å². The first-order chi connectivity index (χ1) is 12.7. The molecule has 0 radical (unpaired) electrons. The van der Waals surface area contributed by atoms with Gasteiger partial charge in [0.15, 0.2) is 0 Å². The Labute approximate surface area is 165 Å². The Hall–Kier alpha value is -1.63. The van der Waals surface area contributed by atoms with E-state index in [0.29, 0.717) is 24.3 Å². The molecule has 7 heteroatoms. The number of aliphatic carboxylic acids is 1. The first-order valence-electron chi connectivity index (χ1n) is 9.08. The highest BCUT2D eigenvalue weighted by atomic mass is 35.5. The molecule has 0 spiro atoms. The molecule has 0 amide bonds. The van der Waals surface area contributed by atoms with Crippen molar-refractivity contribution in [3.05, 3.63) is 52.6 Å². The summed E-state index contributed by atoms with van der Waals surface area (Å²) < 4.78 is 28.1. The fourth-order valence-corrected chi connectivity index (χ4v) is 5.45. The number of hydrogen-bond donors (Lipinski definition) is 2. The van der Waals surface area contributed by atoms with Crippen LogP contribution in [-0.4, -0.2) is 25.5 Å². The van der Waals surface area contributed by atoms with Gasteiger partial charge in [0, 0.05) is 17.5 Å². The fraction of sp³-hybridized carbons (Fsp3) is 0.450. The van der Waals surface area contributed by atoms with Crippen LogP contribution in [0.3, 0.4) is 0 Å². The lowest BCUT2D eigenvalue weighted by Gasteiger charge is -2.40. The van der Waals surface area contributed by atoms with E-state index in [9.17, 15) is 13.2 Å². The van der Waals surface area contributed by atoms with Gasteiger partial charge in [-0.1, -0.05) is 36.2 Å². The molecule has 1 aromatic rings. The molecule has 2 aliphatic rings. The number of halogens is 1. The van der Waals surface area contributed by atoms with Gasteiger partial charge < -0.3 is 5.11 Å². The third kappa shape index (κ3) is 4.62. The molecule has 2 unspecified atom stereocenters. The van der Waals surface area contributed by atoms with Crippen LogP contribution in [0.15, 0.2) is 52.5 Å². The molecule has 146 valence electrons. The maximum Gasteiger partial charge on any atom is 0.303 e. The average molecular weight is 410 g/mol. The monoisotopic (exact) mass is 409 g/mol. The smallest absolute Gasteiger partial charge is 0.303 e. The van der Waals surface area contributed by atoms with Crippen LogP contribution in [0.4, 0.5) is 0 Å². The molecule has 3 rings (SSSR count). The number of allylic oxidation sites excluding steroid dienone is 3. The lowest BCUT2D eigenvalue weighted by Crippen LogP contribution is -2.38. The molecular formula is C20H24ClNO4S. The van der Waals surface area contributed by atoms with Crippen LogP contribution in [0.5, 0.6) is 0 Å². The van der Waals surface area contributed by atoms with Crippen molar-refractivity contribution in [1.82, 2.24) is 4.72 Å². The zero-order valence-electron chi connectivity index (χ0n) is 15.2. The van der Waals surface area contributed by atoms with Crippen molar-refractivity contribution < 1.29 is 18.3 Å². The molecular weight excluding hydrogens is 386 g/mol. The van der Waals surface area contributed by atoms with E-state index in [1.165, 1.54) is 17.7 Å². The summed E-state index contributed by atoms with van der Waals surface area (Å²) in [7, 11) is -3.60. The minimum Gasteiger partial charge on any atom is -0.481 e. The second kappa shape index (κ2) is 7.78. The third-order valence-electron chi connectivity index (χ3n) is 5.55. The van der Waals surface area contributed by atoms with Crippen molar-refractivity contribution >= 4 is 27.6 Å². The normalized spacial score (nSPS) is 25.3. The standard InChI is InChI=1S/C20H24ClNO4S/c1-20(12-10-19(23)24)11-2-3-14-13-16(6-9-18(14)20)22-27(25,26)17-7-4-15(21)5-8-17/h2-5,7-8,16,22H,6,9-13H2,1H3,(H,23,24). The number of carboxylic acid groups (broad SMARTS) is 1. The Balaban J connectivity index is 1.74. The van der Waals surface area contributed by atoms with Gasteiger partial charge in [-0.25, -0.2) is 13.1 Å². The Bertz CT molecular complexity index is 889. The van der Waals surface area contributed by atoms with Crippen LogP contribution in [0, 0.1) is 5.41 Å². The average Bonchev–Trinajstić information content (AvgIpc) is 2.60. The van der Waals surface area contributed by atoms with Gasteiger partial charge in [0.2, 0.25) is 10.0 Å². The Morgan fingerprint density at radius 3 is 2.70 bits per heavy atom. The summed E-state index contributed by atoms with van der Waals surface area (Å²) in [6.07, 6.45) is 7.85. The summed E-state index contributed by atoms with van der Waals surface area (Å²) in [5.41, 5.74) is 2.28. The van der Waals surface area contributed by atoms with Gasteiger partial charge in [-0.3, -0.25) is 4.79 Å². The van der Waals surface area contributed by atoms with E-state index in [1.54, 1.807) is 12.1 Å². The lowest BCUT2D eigenvalue weighted by molar-refractivity contribution is -0.137. The predicted molar refractivity (Wildman–Crippen MR) is 105 cm³/mol. The molecule has 5 nitrogen and oxygen atoms in total. The third-order valence-corrected chi connectivity index (χ3v) is 7.34. The molecule has 0 aromatic heterocycles. The summed E-state index contributed by atoms with van der Waals surface area (Å²) in [5.74, 6) is -0.780. The molecule has 0 saturated carbocycles. The van der Waals surface area contributed by atoms with Gasteiger partial charge in [-0.05, 0) is 67.4 Å². The Kier molecular flexibility index (Phi) is 5.79. The maximum atomic E-state index is 12.6. The predicted octanol–water partition coefficient (Wildman–Crippen LogP) is 4.30. The van der Waals surface area contributed by atoms with Crippen molar-refractivity contribution in [2.24, 2.45) is 5.41 Å². The zero-order valence-corrected chi connectivity index (χ0v) is 16.8. The highest BCUT2D eigenvalue weighted by Gasteiger charge is 2.36. The van der Waals surface area contributed by atoms with Crippen molar-refractivity contribution in [1.29, 1.82) is 0 Å². The van der Waals surface area contributed by atoms with Crippen molar-refractivity contribution in [3.8, 4) is 0 Å². The first-order valence-corrected chi connectivity index (χ1v) is 10.9. The number of sulfonamides is 1. The molecule has 2 aliphatic carbocycles. The Morgan fingerprint density at radius 2 is 2.04 bits per heavy atom. The van der Waals surface area contributed by atoms with Crippen LogP contribution >= 0.6 is 11.6 Å². The minimum atomic E-state index is -3.60. The minimum absolute atomic E-state index is 0.147. The van der Waals surface area contributed by atoms with Gasteiger partial charge in [0.1, 0.15) is 0 Å². The second-order valence-electron chi connectivity index (χ2n) is 7.58. The molecule has 0 bridgehead atoms. The van der Waals surface area contributed by atoms with E-state index in [-0.39, 0.29) is 22.8 Å². The lowest BCUT2D eigenvalue weighted by atomic mass is 9.66. The number of rotatable bonds is 6. The van der Waals surface area contributed by atoms with E-state index in [1.807, 2.05) is 0 Å². The zero-order chi connectivity index (χ0) is 19.7. The summed E-state index contributed by atoms with van der Waals surface area (Å²) in [6, 6.07) is 5.96. The van der Waals surface area contributed by atoms with E-state index in [0.717, 1.165) is 18.4 Å². The summed E-state index contributed by atoms with van der Waals surface area (Å²) >= 11 is 5.84. The van der Waals surface area contributed by atoms with Crippen LogP contribution in [0.1, 0.15) is 45.4 Å². The number of benzene rings is 1. The highest BCUT2D eigenvalue weighted by molar-refractivity contribution is 7.89. The van der Waals surface area contributed by atoms with Gasteiger partial charge in [0.05, 0.1) is 4.90 Å². The van der Waals surface area contributed by atoms with Crippen LogP contribution in [0.2, 0.25) is 5.02 Å². The second-order valence-corrected chi connectivity index (χ2v) is 9.73.